The number of amides is 3. The molecule has 36 heavy (non-hydrogen) atoms. The molecule has 0 radical (unpaired) electrons. The van der Waals surface area contributed by atoms with E-state index in [2.05, 4.69) is 27.4 Å². The first-order valence-corrected chi connectivity index (χ1v) is 13.2. The Morgan fingerprint density at radius 3 is 2.44 bits per heavy atom. The summed E-state index contributed by atoms with van der Waals surface area (Å²) in [4.78, 5) is 46.0. The molecule has 0 spiro atoms. The van der Waals surface area contributed by atoms with E-state index in [0.717, 1.165) is 50.9 Å². The molecule has 9 nitrogen and oxygen atoms in total. The number of hydrogen-bond donors (Lipinski definition) is 1. The van der Waals surface area contributed by atoms with E-state index in [1.165, 1.54) is 0 Å². The minimum Gasteiger partial charge on any atom is -0.368 e. The van der Waals surface area contributed by atoms with Crippen LogP contribution < -0.4 is 10.2 Å². The summed E-state index contributed by atoms with van der Waals surface area (Å²) in [6, 6.07) is 12.0. The molecule has 2 aliphatic heterocycles. The molecule has 2 fully saturated rings. The molecule has 0 bridgehead atoms. The van der Waals surface area contributed by atoms with Gasteiger partial charge in [0.15, 0.2) is 5.69 Å². The Labute approximate surface area is 212 Å². The highest BCUT2D eigenvalue weighted by molar-refractivity contribution is 6.02. The molecule has 1 aromatic carbocycles. The molecule has 1 atom stereocenters. The lowest BCUT2D eigenvalue weighted by atomic mass is 9.94. The van der Waals surface area contributed by atoms with Crippen molar-refractivity contribution in [2.75, 3.05) is 37.6 Å². The highest BCUT2D eigenvalue weighted by Gasteiger charge is 2.48. The quantitative estimate of drug-likeness (QED) is 0.669. The van der Waals surface area contributed by atoms with Crippen LogP contribution in [0.3, 0.4) is 0 Å². The molecule has 1 saturated carbocycles. The van der Waals surface area contributed by atoms with Gasteiger partial charge >= 0.3 is 0 Å². The molecular weight excluding hydrogens is 456 g/mol. The summed E-state index contributed by atoms with van der Waals surface area (Å²) in [5, 5.41) is 7.72. The first kappa shape index (κ1) is 24.3. The number of rotatable bonds is 6. The van der Waals surface area contributed by atoms with Crippen molar-refractivity contribution >= 4 is 23.4 Å². The summed E-state index contributed by atoms with van der Waals surface area (Å²) in [6.07, 6.45) is 4.93. The van der Waals surface area contributed by atoms with Crippen LogP contribution in [0.2, 0.25) is 0 Å². The summed E-state index contributed by atoms with van der Waals surface area (Å²) in [5.74, 6) is -0.550. The Morgan fingerprint density at radius 2 is 1.78 bits per heavy atom. The smallest absolute Gasteiger partial charge is 0.274 e. The van der Waals surface area contributed by atoms with Crippen molar-refractivity contribution in [3.8, 4) is 0 Å². The Balaban J connectivity index is 1.32. The van der Waals surface area contributed by atoms with Crippen LogP contribution in [0.25, 0.3) is 0 Å². The van der Waals surface area contributed by atoms with Gasteiger partial charge in [-0.3, -0.25) is 19.1 Å². The van der Waals surface area contributed by atoms with Crippen LogP contribution in [0.5, 0.6) is 0 Å². The number of fused-ring (bicyclic) bond motifs is 1. The fourth-order valence-electron chi connectivity index (χ4n) is 5.70. The van der Waals surface area contributed by atoms with E-state index in [1.54, 1.807) is 20.5 Å². The van der Waals surface area contributed by atoms with Gasteiger partial charge in [-0.25, -0.2) is 0 Å². The SMILES string of the molecule is CCCN1C(=O)c2cc(C(=O)N3CCN(c4ccccc4)CC3)nn2C[C@@]1(C)C(=O)NC1CCCC1. The number of hydrogen-bond acceptors (Lipinski definition) is 5. The Kier molecular flexibility index (Phi) is 6.73. The molecule has 3 heterocycles. The van der Waals surface area contributed by atoms with Gasteiger partial charge in [-0.1, -0.05) is 38.0 Å². The Bertz CT molecular complexity index is 1120. The number of para-hydroxylation sites is 1. The lowest BCUT2D eigenvalue weighted by Gasteiger charge is -2.43. The minimum atomic E-state index is -1.05. The molecule has 1 aliphatic carbocycles. The molecule has 3 amide bonds. The third kappa shape index (κ3) is 4.47. The molecule has 5 rings (SSSR count). The Hall–Kier alpha value is -3.36. The van der Waals surface area contributed by atoms with Crippen molar-refractivity contribution in [1.82, 2.24) is 24.9 Å². The summed E-state index contributed by atoms with van der Waals surface area (Å²) in [7, 11) is 0. The van der Waals surface area contributed by atoms with E-state index in [-0.39, 0.29) is 36.0 Å². The van der Waals surface area contributed by atoms with Crippen LogP contribution in [0.15, 0.2) is 36.4 Å². The number of carbonyl (C=O) groups excluding carboxylic acids is 3. The monoisotopic (exact) mass is 492 g/mol. The topological polar surface area (TPSA) is 90.8 Å². The molecule has 3 aliphatic rings. The maximum Gasteiger partial charge on any atom is 0.274 e. The third-order valence-corrected chi connectivity index (χ3v) is 7.83. The summed E-state index contributed by atoms with van der Waals surface area (Å²) in [5.41, 5.74) is 0.749. The normalized spacial score (nSPS) is 22.6. The van der Waals surface area contributed by atoms with Gasteiger partial charge in [-0.05, 0) is 38.3 Å². The second-order valence-corrected chi connectivity index (χ2v) is 10.4. The van der Waals surface area contributed by atoms with Crippen molar-refractivity contribution in [2.24, 2.45) is 0 Å². The van der Waals surface area contributed by atoms with Crippen LogP contribution >= 0.6 is 0 Å². The van der Waals surface area contributed by atoms with Crippen LogP contribution in [-0.4, -0.2) is 81.6 Å². The summed E-state index contributed by atoms with van der Waals surface area (Å²) >= 11 is 0. The number of nitrogens with one attached hydrogen (secondary N) is 1. The predicted octanol–water partition coefficient (Wildman–Crippen LogP) is 2.53. The largest absolute Gasteiger partial charge is 0.368 e. The average molecular weight is 493 g/mol. The van der Waals surface area contributed by atoms with Gasteiger partial charge in [0.05, 0.1) is 6.54 Å². The molecule has 1 saturated heterocycles. The van der Waals surface area contributed by atoms with Crippen molar-refractivity contribution in [3.05, 3.63) is 47.8 Å². The zero-order chi connectivity index (χ0) is 25.3. The number of nitrogens with zero attached hydrogens (tertiary/aromatic N) is 5. The van der Waals surface area contributed by atoms with Crippen molar-refractivity contribution in [3.63, 3.8) is 0 Å². The number of aromatic nitrogens is 2. The first-order valence-electron chi connectivity index (χ1n) is 13.2. The molecule has 1 aromatic heterocycles. The van der Waals surface area contributed by atoms with E-state index >= 15 is 0 Å². The second kappa shape index (κ2) is 9.95. The van der Waals surface area contributed by atoms with E-state index < -0.39 is 5.54 Å². The maximum atomic E-state index is 13.5. The number of piperazine rings is 1. The second-order valence-electron chi connectivity index (χ2n) is 10.4. The fourth-order valence-corrected chi connectivity index (χ4v) is 5.70. The summed E-state index contributed by atoms with van der Waals surface area (Å²) in [6.45, 7) is 7.20. The zero-order valence-electron chi connectivity index (χ0n) is 21.3. The van der Waals surface area contributed by atoms with Gasteiger partial charge in [0.1, 0.15) is 11.2 Å². The van der Waals surface area contributed by atoms with Gasteiger partial charge in [0, 0.05) is 50.5 Å². The lowest BCUT2D eigenvalue weighted by Crippen LogP contribution is -2.65. The Morgan fingerprint density at radius 1 is 1.08 bits per heavy atom. The van der Waals surface area contributed by atoms with E-state index in [1.807, 2.05) is 32.0 Å². The van der Waals surface area contributed by atoms with Crippen LogP contribution in [0.1, 0.15) is 66.9 Å². The maximum absolute atomic E-state index is 13.5. The molecule has 2 aromatic rings. The lowest BCUT2D eigenvalue weighted by molar-refractivity contribution is -0.133. The van der Waals surface area contributed by atoms with Gasteiger partial charge < -0.3 is 20.0 Å². The highest BCUT2D eigenvalue weighted by Crippen LogP contribution is 2.29. The van der Waals surface area contributed by atoms with Crippen molar-refractivity contribution in [2.45, 2.75) is 64.1 Å². The van der Waals surface area contributed by atoms with Gasteiger partial charge in [0.2, 0.25) is 5.91 Å². The standard InChI is InChI=1S/C27H36N6O3/c1-3-13-32-25(35)23-18-22(24(34)31-16-14-30(15-17-31)21-11-5-4-6-12-21)29-33(23)19-27(32,2)26(36)28-20-9-7-8-10-20/h4-6,11-12,18,20H,3,7-10,13-17,19H2,1-2H3,(H,28,36)/t27-/m0/s1. The van der Waals surface area contributed by atoms with Crippen LogP contribution in [0.4, 0.5) is 5.69 Å². The van der Waals surface area contributed by atoms with E-state index in [9.17, 15) is 14.4 Å². The van der Waals surface area contributed by atoms with Gasteiger partial charge in [0.25, 0.3) is 11.8 Å². The predicted molar refractivity (Wildman–Crippen MR) is 137 cm³/mol. The van der Waals surface area contributed by atoms with E-state index in [4.69, 9.17) is 0 Å². The first-order chi connectivity index (χ1) is 17.4. The van der Waals surface area contributed by atoms with Crippen molar-refractivity contribution < 1.29 is 14.4 Å². The molecule has 192 valence electrons. The minimum absolute atomic E-state index is 0.137. The van der Waals surface area contributed by atoms with Gasteiger partial charge in [-0.2, -0.15) is 5.10 Å². The van der Waals surface area contributed by atoms with Crippen LogP contribution in [0, 0.1) is 0 Å². The molecule has 9 heteroatoms. The summed E-state index contributed by atoms with van der Waals surface area (Å²) < 4.78 is 1.57. The average Bonchev–Trinajstić information content (AvgIpc) is 3.57. The zero-order valence-corrected chi connectivity index (χ0v) is 21.3. The van der Waals surface area contributed by atoms with Gasteiger partial charge in [-0.15, -0.1) is 0 Å². The number of carbonyl (C=O) groups is 3. The number of benzene rings is 1. The van der Waals surface area contributed by atoms with E-state index in [0.29, 0.717) is 25.3 Å². The number of anilines is 1. The molecule has 0 unspecified atom stereocenters. The highest BCUT2D eigenvalue weighted by atomic mass is 16.2. The third-order valence-electron chi connectivity index (χ3n) is 7.83. The molecule has 1 N–H and O–H groups in total. The van der Waals surface area contributed by atoms with Crippen molar-refractivity contribution in [1.29, 1.82) is 0 Å². The van der Waals surface area contributed by atoms with Crippen LogP contribution in [-0.2, 0) is 11.3 Å². The molecular formula is C27H36N6O3. The fraction of sp³-hybridized carbons (Fsp3) is 0.556.